The van der Waals surface area contributed by atoms with Gasteiger partial charge < -0.3 is 15.8 Å². The molecule has 0 fully saturated rings. The van der Waals surface area contributed by atoms with E-state index in [1.165, 1.54) is 12.1 Å². The predicted molar refractivity (Wildman–Crippen MR) is 85.1 cm³/mol. The standard InChI is InChI=1S/C16H15ClN2O3/c1-22-9-10-3-2-4-11(7-10)16(21)19-12-5-6-13(15(18)20)14(17)8-12/h2-8H,9H2,1H3,(H2,18,20)(H,19,21). The fourth-order valence-corrected chi connectivity index (χ4v) is 2.24. The van der Waals surface area contributed by atoms with Gasteiger partial charge in [0.05, 0.1) is 17.2 Å². The number of methoxy groups -OCH3 is 1. The van der Waals surface area contributed by atoms with Crippen molar-refractivity contribution in [3.63, 3.8) is 0 Å². The number of amides is 2. The molecule has 3 N–H and O–H groups in total. The van der Waals surface area contributed by atoms with Crippen LogP contribution in [0.25, 0.3) is 0 Å². The summed E-state index contributed by atoms with van der Waals surface area (Å²) in [6.45, 7) is 0.431. The Bertz CT molecular complexity index is 716. The van der Waals surface area contributed by atoms with Crippen LogP contribution in [0.15, 0.2) is 42.5 Å². The van der Waals surface area contributed by atoms with Gasteiger partial charge in [-0.3, -0.25) is 9.59 Å². The smallest absolute Gasteiger partial charge is 0.255 e. The number of nitrogens with two attached hydrogens (primary N) is 1. The van der Waals surface area contributed by atoms with Crippen LogP contribution in [0.1, 0.15) is 26.3 Å². The average molecular weight is 319 g/mol. The number of halogens is 1. The first-order valence-electron chi connectivity index (χ1n) is 6.50. The molecule has 2 aromatic rings. The molecule has 2 rings (SSSR count). The lowest BCUT2D eigenvalue weighted by Crippen LogP contribution is -2.14. The lowest BCUT2D eigenvalue weighted by Gasteiger charge is -2.08. The summed E-state index contributed by atoms with van der Waals surface area (Å²) in [5, 5.41) is 2.91. The number of nitrogens with one attached hydrogen (secondary N) is 1. The Labute approximate surface area is 133 Å². The molecular formula is C16H15ClN2O3. The summed E-state index contributed by atoms with van der Waals surface area (Å²) in [7, 11) is 1.59. The van der Waals surface area contributed by atoms with Gasteiger partial charge in [0.1, 0.15) is 0 Å². The molecule has 0 unspecified atom stereocenters. The number of primary amides is 1. The number of carbonyl (C=O) groups excluding carboxylic acids is 2. The first-order chi connectivity index (χ1) is 10.5. The van der Waals surface area contributed by atoms with Crippen LogP contribution >= 0.6 is 11.6 Å². The first-order valence-corrected chi connectivity index (χ1v) is 6.87. The number of anilines is 1. The third-order valence-electron chi connectivity index (χ3n) is 2.99. The monoisotopic (exact) mass is 318 g/mol. The highest BCUT2D eigenvalue weighted by molar-refractivity contribution is 6.34. The zero-order valence-electron chi connectivity index (χ0n) is 11.9. The predicted octanol–water partition coefficient (Wildman–Crippen LogP) is 2.84. The molecule has 0 heterocycles. The van der Waals surface area contributed by atoms with Crippen molar-refractivity contribution < 1.29 is 14.3 Å². The van der Waals surface area contributed by atoms with Crippen molar-refractivity contribution in [1.82, 2.24) is 0 Å². The second kappa shape index (κ2) is 7.06. The van der Waals surface area contributed by atoms with E-state index in [9.17, 15) is 9.59 Å². The van der Waals surface area contributed by atoms with Crippen LogP contribution in [0.3, 0.4) is 0 Å². The molecule has 0 saturated carbocycles. The van der Waals surface area contributed by atoms with E-state index >= 15 is 0 Å². The minimum absolute atomic E-state index is 0.193. The number of carbonyl (C=O) groups is 2. The maximum atomic E-state index is 12.2. The van der Waals surface area contributed by atoms with Crippen molar-refractivity contribution in [3.8, 4) is 0 Å². The Hall–Kier alpha value is -2.37. The zero-order valence-corrected chi connectivity index (χ0v) is 12.7. The molecular weight excluding hydrogens is 304 g/mol. The van der Waals surface area contributed by atoms with Gasteiger partial charge in [-0.15, -0.1) is 0 Å². The largest absolute Gasteiger partial charge is 0.380 e. The second-order valence-corrected chi connectivity index (χ2v) is 5.05. The first kappa shape index (κ1) is 16.0. The quantitative estimate of drug-likeness (QED) is 0.889. The molecule has 0 aliphatic rings. The van der Waals surface area contributed by atoms with Gasteiger partial charge in [-0.2, -0.15) is 0 Å². The minimum atomic E-state index is -0.616. The van der Waals surface area contributed by atoms with E-state index in [1.807, 2.05) is 6.07 Å². The molecule has 2 amide bonds. The van der Waals surface area contributed by atoms with Crippen molar-refractivity contribution in [2.45, 2.75) is 6.61 Å². The van der Waals surface area contributed by atoms with E-state index in [0.29, 0.717) is 17.9 Å². The third kappa shape index (κ3) is 3.84. The minimum Gasteiger partial charge on any atom is -0.380 e. The molecule has 6 heteroatoms. The summed E-state index contributed by atoms with van der Waals surface area (Å²) >= 11 is 5.95. The Kier molecular flexibility index (Phi) is 5.14. The molecule has 0 aromatic heterocycles. The fourth-order valence-electron chi connectivity index (χ4n) is 1.96. The van der Waals surface area contributed by atoms with Gasteiger partial charge in [0.15, 0.2) is 0 Å². The third-order valence-corrected chi connectivity index (χ3v) is 3.31. The number of benzene rings is 2. The van der Waals surface area contributed by atoms with Crippen LogP contribution in [0.4, 0.5) is 5.69 Å². The fraction of sp³-hybridized carbons (Fsp3) is 0.125. The Morgan fingerprint density at radius 2 is 2.00 bits per heavy atom. The van der Waals surface area contributed by atoms with Gasteiger partial charge in [-0.1, -0.05) is 23.7 Å². The Morgan fingerprint density at radius 1 is 1.23 bits per heavy atom. The molecule has 0 bridgehead atoms. The molecule has 114 valence electrons. The number of hydrogen-bond acceptors (Lipinski definition) is 3. The molecule has 0 aliphatic heterocycles. The SMILES string of the molecule is COCc1cccc(C(=O)Nc2ccc(C(N)=O)c(Cl)c2)c1. The summed E-state index contributed by atoms with van der Waals surface area (Å²) in [6, 6.07) is 11.6. The van der Waals surface area contributed by atoms with Crippen molar-refractivity contribution in [2.24, 2.45) is 5.73 Å². The van der Waals surface area contributed by atoms with Gasteiger partial charge >= 0.3 is 0 Å². The van der Waals surface area contributed by atoms with E-state index in [2.05, 4.69) is 5.32 Å². The van der Waals surface area contributed by atoms with Gasteiger partial charge in [-0.25, -0.2) is 0 Å². The number of hydrogen-bond donors (Lipinski definition) is 2. The van der Waals surface area contributed by atoms with Crippen molar-refractivity contribution >= 4 is 29.1 Å². The summed E-state index contributed by atoms with van der Waals surface area (Å²) < 4.78 is 5.04. The van der Waals surface area contributed by atoms with Crippen molar-refractivity contribution in [2.75, 3.05) is 12.4 Å². The highest BCUT2D eigenvalue weighted by Gasteiger charge is 2.10. The lowest BCUT2D eigenvalue weighted by molar-refractivity contribution is 0.0998. The maximum Gasteiger partial charge on any atom is 0.255 e. The molecule has 5 nitrogen and oxygen atoms in total. The molecule has 0 atom stereocenters. The van der Waals surface area contributed by atoms with Crippen molar-refractivity contribution in [1.29, 1.82) is 0 Å². The highest BCUT2D eigenvalue weighted by atomic mass is 35.5. The molecule has 0 aliphatic carbocycles. The van der Waals surface area contributed by atoms with E-state index in [4.69, 9.17) is 22.1 Å². The zero-order chi connectivity index (χ0) is 16.1. The van der Waals surface area contributed by atoms with E-state index in [-0.39, 0.29) is 16.5 Å². The van der Waals surface area contributed by atoms with E-state index in [0.717, 1.165) is 5.56 Å². The molecule has 0 saturated heterocycles. The molecule has 0 spiro atoms. The van der Waals surface area contributed by atoms with Crippen LogP contribution < -0.4 is 11.1 Å². The van der Waals surface area contributed by atoms with Gasteiger partial charge in [-0.05, 0) is 35.9 Å². The number of rotatable bonds is 5. The molecule has 22 heavy (non-hydrogen) atoms. The normalized spacial score (nSPS) is 10.3. The van der Waals surface area contributed by atoms with Gasteiger partial charge in [0.2, 0.25) is 5.91 Å². The van der Waals surface area contributed by atoms with E-state index < -0.39 is 5.91 Å². The summed E-state index contributed by atoms with van der Waals surface area (Å²) in [5.74, 6) is -0.893. The summed E-state index contributed by atoms with van der Waals surface area (Å²) in [6.07, 6.45) is 0. The topological polar surface area (TPSA) is 81.4 Å². The second-order valence-electron chi connectivity index (χ2n) is 4.65. The molecule has 2 aromatic carbocycles. The lowest BCUT2D eigenvalue weighted by atomic mass is 10.1. The summed E-state index contributed by atoms with van der Waals surface area (Å²) in [5.41, 5.74) is 7.28. The van der Waals surface area contributed by atoms with Gasteiger partial charge in [0.25, 0.3) is 5.91 Å². The Balaban J connectivity index is 2.16. The van der Waals surface area contributed by atoms with Crippen LogP contribution in [0.5, 0.6) is 0 Å². The number of ether oxygens (including phenoxy) is 1. The van der Waals surface area contributed by atoms with Gasteiger partial charge in [0, 0.05) is 18.4 Å². The van der Waals surface area contributed by atoms with Crippen LogP contribution in [0, 0.1) is 0 Å². The Morgan fingerprint density at radius 3 is 2.64 bits per heavy atom. The highest BCUT2D eigenvalue weighted by Crippen LogP contribution is 2.21. The average Bonchev–Trinajstić information content (AvgIpc) is 2.47. The van der Waals surface area contributed by atoms with E-state index in [1.54, 1.807) is 31.4 Å². The van der Waals surface area contributed by atoms with Crippen LogP contribution in [0.2, 0.25) is 5.02 Å². The van der Waals surface area contributed by atoms with Crippen LogP contribution in [-0.4, -0.2) is 18.9 Å². The van der Waals surface area contributed by atoms with Crippen molar-refractivity contribution in [3.05, 3.63) is 64.2 Å². The molecule has 0 radical (unpaired) electrons. The summed E-state index contributed by atoms with van der Waals surface area (Å²) in [4.78, 5) is 23.3. The van der Waals surface area contributed by atoms with Crippen LogP contribution in [-0.2, 0) is 11.3 Å². The maximum absolute atomic E-state index is 12.2.